The highest BCUT2D eigenvalue weighted by molar-refractivity contribution is 6.39. The van der Waals surface area contributed by atoms with Gasteiger partial charge < -0.3 is 9.73 Å². The fourth-order valence-electron chi connectivity index (χ4n) is 1.58. The number of alkyl halides is 3. The van der Waals surface area contributed by atoms with Crippen molar-refractivity contribution in [1.82, 2.24) is 5.43 Å². The number of hydrogen-bond acceptors (Lipinski definition) is 4. The molecule has 0 bridgehead atoms. The zero-order valence-electron chi connectivity index (χ0n) is 11.7. The minimum atomic E-state index is -4.69. The molecule has 2 N–H and O–H groups in total. The van der Waals surface area contributed by atoms with E-state index in [2.05, 4.69) is 5.10 Å². The van der Waals surface area contributed by atoms with Crippen molar-refractivity contribution in [3.63, 3.8) is 0 Å². The molecule has 1 heterocycles. The summed E-state index contributed by atoms with van der Waals surface area (Å²) in [6, 6.07) is 5.87. The minimum absolute atomic E-state index is 0.234. The Morgan fingerprint density at radius 2 is 1.96 bits per heavy atom. The van der Waals surface area contributed by atoms with Crippen LogP contribution >= 0.6 is 11.6 Å². The first-order valence-corrected chi connectivity index (χ1v) is 6.70. The number of benzene rings is 1. The molecule has 0 saturated carbocycles. The Bertz CT molecular complexity index is 773. The van der Waals surface area contributed by atoms with Crippen LogP contribution in [-0.2, 0) is 15.8 Å². The number of carbonyl (C=O) groups excluding carboxylic acids is 2. The molecule has 2 rings (SSSR count). The maximum atomic E-state index is 12.7. The van der Waals surface area contributed by atoms with E-state index in [4.69, 9.17) is 16.0 Å². The summed E-state index contributed by atoms with van der Waals surface area (Å²) in [5.74, 6) is -2.02. The summed E-state index contributed by atoms with van der Waals surface area (Å²) < 4.78 is 43.1. The summed E-state index contributed by atoms with van der Waals surface area (Å²) >= 11 is 5.46. The number of amides is 2. The van der Waals surface area contributed by atoms with Gasteiger partial charge in [-0.1, -0.05) is 11.6 Å². The molecule has 24 heavy (non-hydrogen) atoms. The Kier molecular flexibility index (Phi) is 5.24. The number of nitrogens with one attached hydrogen (secondary N) is 2. The molecule has 0 aliphatic rings. The van der Waals surface area contributed by atoms with E-state index in [0.717, 1.165) is 18.3 Å². The molecule has 1 aromatic heterocycles. The smallest absolute Gasteiger partial charge is 0.417 e. The Labute approximate surface area is 138 Å². The van der Waals surface area contributed by atoms with Crippen molar-refractivity contribution in [3.05, 3.63) is 52.9 Å². The molecule has 0 unspecified atom stereocenters. The Morgan fingerprint density at radius 3 is 2.58 bits per heavy atom. The van der Waals surface area contributed by atoms with Crippen molar-refractivity contribution in [1.29, 1.82) is 0 Å². The zero-order chi connectivity index (χ0) is 17.7. The van der Waals surface area contributed by atoms with Crippen LogP contribution in [0.25, 0.3) is 0 Å². The van der Waals surface area contributed by atoms with Gasteiger partial charge in [0, 0.05) is 5.69 Å². The average molecular weight is 360 g/mol. The fraction of sp³-hybridized carbons (Fsp3) is 0.0714. The van der Waals surface area contributed by atoms with Crippen molar-refractivity contribution < 1.29 is 27.2 Å². The van der Waals surface area contributed by atoms with Crippen molar-refractivity contribution in [2.75, 3.05) is 5.32 Å². The van der Waals surface area contributed by atoms with Gasteiger partial charge in [-0.2, -0.15) is 18.3 Å². The fourth-order valence-corrected chi connectivity index (χ4v) is 1.80. The highest BCUT2D eigenvalue weighted by atomic mass is 35.5. The Balaban J connectivity index is 2.00. The van der Waals surface area contributed by atoms with Crippen LogP contribution in [0.1, 0.15) is 11.3 Å². The first-order valence-electron chi connectivity index (χ1n) is 6.32. The first-order chi connectivity index (χ1) is 11.3. The molecule has 0 aliphatic heterocycles. The standard InChI is InChI=1S/C14H9ClF3N3O3/c15-11-4-3-8(6-10(11)14(16,17)18)20-12(22)13(23)21-19-7-9-2-1-5-24-9/h1-7H,(H,20,22)(H,21,23)/b19-7+. The summed E-state index contributed by atoms with van der Waals surface area (Å²) in [5.41, 5.74) is 0.546. The molecule has 0 fully saturated rings. The van der Waals surface area contributed by atoms with E-state index in [-0.39, 0.29) is 5.69 Å². The molecular weight excluding hydrogens is 351 g/mol. The van der Waals surface area contributed by atoms with E-state index in [0.29, 0.717) is 11.8 Å². The van der Waals surface area contributed by atoms with E-state index < -0.39 is 28.6 Å². The monoisotopic (exact) mass is 359 g/mol. The molecule has 10 heteroatoms. The molecule has 1 aromatic carbocycles. The van der Waals surface area contributed by atoms with Gasteiger partial charge in [-0.3, -0.25) is 9.59 Å². The van der Waals surface area contributed by atoms with E-state index in [1.165, 1.54) is 6.26 Å². The highest BCUT2D eigenvalue weighted by Crippen LogP contribution is 2.36. The van der Waals surface area contributed by atoms with Gasteiger partial charge >= 0.3 is 18.0 Å². The van der Waals surface area contributed by atoms with E-state index >= 15 is 0 Å². The Morgan fingerprint density at radius 1 is 1.21 bits per heavy atom. The number of furan rings is 1. The van der Waals surface area contributed by atoms with Gasteiger partial charge in [0.15, 0.2) is 0 Å². The molecule has 0 aliphatic carbocycles. The normalized spacial score (nSPS) is 11.5. The summed E-state index contributed by atoms with van der Waals surface area (Å²) in [4.78, 5) is 23.1. The van der Waals surface area contributed by atoms with Gasteiger partial charge in [-0.05, 0) is 30.3 Å². The maximum absolute atomic E-state index is 12.7. The number of hydrazone groups is 1. The summed E-state index contributed by atoms with van der Waals surface area (Å²) in [7, 11) is 0. The summed E-state index contributed by atoms with van der Waals surface area (Å²) in [5, 5.41) is 4.96. The number of hydrogen-bond donors (Lipinski definition) is 2. The zero-order valence-corrected chi connectivity index (χ0v) is 12.5. The van der Waals surface area contributed by atoms with Crippen LogP contribution in [0.2, 0.25) is 5.02 Å². The third-order valence-corrected chi connectivity index (χ3v) is 2.97. The second-order valence-electron chi connectivity index (χ2n) is 4.36. The molecule has 0 radical (unpaired) electrons. The topological polar surface area (TPSA) is 83.7 Å². The third kappa shape index (κ3) is 4.59. The summed E-state index contributed by atoms with van der Waals surface area (Å²) in [6.45, 7) is 0. The van der Waals surface area contributed by atoms with Crippen molar-refractivity contribution in [2.45, 2.75) is 6.18 Å². The second-order valence-corrected chi connectivity index (χ2v) is 4.77. The molecule has 6 nitrogen and oxygen atoms in total. The summed E-state index contributed by atoms with van der Waals surface area (Å²) in [6.07, 6.45) is -2.16. The Hall–Kier alpha value is -2.81. The van der Waals surface area contributed by atoms with Crippen molar-refractivity contribution in [3.8, 4) is 0 Å². The van der Waals surface area contributed by atoms with Crippen molar-refractivity contribution >= 4 is 35.3 Å². The number of nitrogens with zero attached hydrogens (tertiary/aromatic N) is 1. The van der Waals surface area contributed by atoms with Gasteiger partial charge in [0.1, 0.15) is 5.76 Å². The van der Waals surface area contributed by atoms with Gasteiger partial charge in [0.05, 0.1) is 23.1 Å². The van der Waals surface area contributed by atoms with E-state index in [9.17, 15) is 22.8 Å². The lowest BCUT2D eigenvalue weighted by Crippen LogP contribution is -2.32. The quantitative estimate of drug-likeness (QED) is 0.502. The first kappa shape index (κ1) is 17.5. The predicted molar refractivity (Wildman–Crippen MR) is 79.5 cm³/mol. The number of carbonyl (C=O) groups is 2. The minimum Gasteiger partial charge on any atom is -0.463 e. The van der Waals surface area contributed by atoms with Gasteiger partial charge in [-0.25, -0.2) is 5.43 Å². The van der Waals surface area contributed by atoms with Gasteiger partial charge in [0.2, 0.25) is 0 Å². The molecule has 2 aromatic rings. The van der Waals surface area contributed by atoms with Crippen LogP contribution in [0.3, 0.4) is 0 Å². The van der Waals surface area contributed by atoms with E-state index in [1.54, 1.807) is 12.1 Å². The van der Waals surface area contributed by atoms with Crippen LogP contribution in [0.5, 0.6) is 0 Å². The molecule has 2 amide bonds. The lowest BCUT2D eigenvalue weighted by atomic mass is 10.2. The number of rotatable bonds is 3. The lowest BCUT2D eigenvalue weighted by Gasteiger charge is -2.11. The van der Waals surface area contributed by atoms with Gasteiger partial charge in [-0.15, -0.1) is 0 Å². The van der Waals surface area contributed by atoms with Crippen LogP contribution in [0.4, 0.5) is 18.9 Å². The highest BCUT2D eigenvalue weighted by Gasteiger charge is 2.33. The molecular formula is C14H9ClF3N3O3. The number of halogens is 4. The van der Waals surface area contributed by atoms with Gasteiger partial charge in [0.25, 0.3) is 0 Å². The maximum Gasteiger partial charge on any atom is 0.417 e. The van der Waals surface area contributed by atoms with Crippen molar-refractivity contribution in [2.24, 2.45) is 5.10 Å². The second kappa shape index (κ2) is 7.18. The van der Waals surface area contributed by atoms with E-state index in [1.807, 2.05) is 10.7 Å². The SMILES string of the molecule is O=C(N/N=C/c1ccco1)C(=O)Nc1ccc(Cl)c(C(F)(F)F)c1. The molecule has 126 valence electrons. The van der Waals surface area contributed by atoms with Crippen LogP contribution in [0.15, 0.2) is 46.1 Å². The van der Waals surface area contributed by atoms with Crippen LogP contribution < -0.4 is 10.7 Å². The largest absolute Gasteiger partial charge is 0.463 e. The van der Waals surface area contributed by atoms with Crippen LogP contribution in [0, 0.1) is 0 Å². The molecule has 0 saturated heterocycles. The van der Waals surface area contributed by atoms with Crippen LogP contribution in [-0.4, -0.2) is 18.0 Å². The third-order valence-electron chi connectivity index (χ3n) is 2.64. The average Bonchev–Trinajstić information content (AvgIpc) is 3.01. The molecule has 0 atom stereocenters. The lowest BCUT2D eigenvalue weighted by molar-refractivity contribution is -0.137. The number of anilines is 1. The predicted octanol–water partition coefficient (Wildman–Crippen LogP) is 3.04. The molecule has 0 spiro atoms.